The van der Waals surface area contributed by atoms with Gasteiger partial charge in [0.15, 0.2) is 5.69 Å². The Balaban J connectivity index is 2.39. The Morgan fingerprint density at radius 1 is 1.15 bits per heavy atom. The van der Waals surface area contributed by atoms with Gasteiger partial charge in [0.2, 0.25) is 5.95 Å². The lowest BCUT2D eigenvalue weighted by Crippen LogP contribution is -2.12. The van der Waals surface area contributed by atoms with Crippen LogP contribution in [0.2, 0.25) is 5.02 Å². The topological polar surface area (TPSA) is 49.8 Å². The van der Waals surface area contributed by atoms with Crippen LogP contribution in [0.15, 0.2) is 30.3 Å². The number of anilines is 3. The van der Waals surface area contributed by atoms with Crippen molar-refractivity contribution in [3.05, 3.63) is 41.0 Å². The molecule has 2 N–H and O–H groups in total. The van der Waals surface area contributed by atoms with Crippen LogP contribution in [0.1, 0.15) is 5.69 Å². The molecule has 0 radical (unpaired) electrons. The lowest BCUT2D eigenvalue weighted by molar-refractivity contribution is -0.141. The monoisotopic (exact) mass is 302 g/mol. The summed E-state index contributed by atoms with van der Waals surface area (Å²) in [5.41, 5.74) is -0.575. The fourth-order valence-corrected chi connectivity index (χ4v) is 1.65. The van der Waals surface area contributed by atoms with Crippen LogP contribution in [-0.4, -0.2) is 17.0 Å². The summed E-state index contributed by atoms with van der Waals surface area (Å²) in [5, 5.41) is 5.60. The molecular formula is C12H10ClF3N4. The Morgan fingerprint density at radius 3 is 2.45 bits per heavy atom. The number of alkyl halides is 3. The molecule has 4 nitrogen and oxygen atoms in total. The third kappa shape index (κ3) is 3.30. The standard InChI is InChI=1S/C12H10ClF3N4/c1-17-11-19-9(12(14,15)16)6-10(20-11)18-8-5-3-2-4-7(8)13/h2-6H,1H3,(H2,17,18,19,20). The van der Waals surface area contributed by atoms with E-state index in [1.54, 1.807) is 24.3 Å². The van der Waals surface area contributed by atoms with Gasteiger partial charge in [0.1, 0.15) is 5.82 Å². The summed E-state index contributed by atoms with van der Waals surface area (Å²) in [6, 6.07) is 7.50. The number of hydrogen-bond acceptors (Lipinski definition) is 4. The average Bonchev–Trinajstić information content (AvgIpc) is 2.40. The van der Waals surface area contributed by atoms with Crippen molar-refractivity contribution in [2.75, 3.05) is 17.7 Å². The number of aromatic nitrogens is 2. The van der Waals surface area contributed by atoms with Crippen LogP contribution in [0, 0.1) is 0 Å². The largest absolute Gasteiger partial charge is 0.433 e. The first-order valence-electron chi connectivity index (χ1n) is 5.56. The summed E-state index contributed by atoms with van der Waals surface area (Å²) >= 11 is 5.93. The summed E-state index contributed by atoms with van der Waals surface area (Å²) in [6.07, 6.45) is -4.55. The van der Waals surface area contributed by atoms with E-state index in [1.807, 2.05) is 0 Å². The molecule has 1 aromatic heterocycles. The van der Waals surface area contributed by atoms with E-state index >= 15 is 0 Å². The average molecular weight is 303 g/mol. The van der Waals surface area contributed by atoms with Crippen LogP contribution in [0.4, 0.5) is 30.6 Å². The fourth-order valence-electron chi connectivity index (χ4n) is 1.47. The van der Waals surface area contributed by atoms with Gasteiger partial charge in [-0.1, -0.05) is 23.7 Å². The first-order chi connectivity index (χ1) is 9.40. The van der Waals surface area contributed by atoms with E-state index in [-0.39, 0.29) is 11.8 Å². The van der Waals surface area contributed by atoms with E-state index in [1.165, 1.54) is 7.05 Å². The zero-order valence-corrected chi connectivity index (χ0v) is 11.0. The summed E-state index contributed by atoms with van der Waals surface area (Å²) in [5.74, 6) is -0.126. The van der Waals surface area contributed by atoms with Gasteiger partial charge < -0.3 is 10.6 Å². The molecule has 0 aliphatic heterocycles. The predicted molar refractivity (Wildman–Crippen MR) is 71.3 cm³/mol. The van der Waals surface area contributed by atoms with Crippen LogP contribution in [-0.2, 0) is 6.18 Å². The molecule has 0 atom stereocenters. The van der Waals surface area contributed by atoms with E-state index in [4.69, 9.17) is 11.6 Å². The summed E-state index contributed by atoms with van der Waals surface area (Å²) < 4.78 is 38.2. The minimum Gasteiger partial charge on any atom is -0.357 e. The number of para-hydroxylation sites is 1. The molecule has 1 aromatic carbocycles. The summed E-state index contributed by atoms with van der Waals surface area (Å²) in [4.78, 5) is 7.28. The molecule has 2 aromatic rings. The van der Waals surface area contributed by atoms with Crippen LogP contribution < -0.4 is 10.6 Å². The highest BCUT2D eigenvalue weighted by Gasteiger charge is 2.33. The van der Waals surface area contributed by atoms with Gasteiger partial charge in [-0.3, -0.25) is 0 Å². The smallest absolute Gasteiger partial charge is 0.357 e. The van der Waals surface area contributed by atoms with E-state index in [0.29, 0.717) is 10.7 Å². The Morgan fingerprint density at radius 2 is 1.85 bits per heavy atom. The van der Waals surface area contributed by atoms with Gasteiger partial charge >= 0.3 is 6.18 Å². The van der Waals surface area contributed by atoms with Crippen molar-refractivity contribution >= 4 is 29.1 Å². The van der Waals surface area contributed by atoms with Gasteiger partial charge in [0.05, 0.1) is 10.7 Å². The third-order valence-electron chi connectivity index (χ3n) is 2.38. The van der Waals surface area contributed by atoms with Crippen molar-refractivity contribution in [1.82, 2.24) is 9.97 Å². The second-order valence-corrected chi connectivity index (χ2v) is 4.22. The molecule has 2 rings (SSSR count). The first-order valence-corrected chi connectivity index (χ1v) is 5.93. The van der Waals surface area contributed by atoms with Gasteiger partial charge in [-0.15, -0.1) is 0 Å². The van der Waals surface area contributed by atoms with Crippen LogP contribution >= 0.6 is 11.6 Å². The van der Waals surface area contributed by atoms with Gasteiger partial charge in [-0.05, 0) is 12.1 Å². The molecule has 106 valence electrons. The molecule has 20 heavy (non-hydrogen) atoms. The molecule has 8 heteroatoms. The lowest BCUT2D eigenvalue weighted by Gasteiger charge is -2.12. The highest BCUT2D eigenvalue weighted by molar-refractivity contribution is 6.33. The number of rotatable bonds is 3. The van der Waals surface area contributed by atoms with Crippen molar-refractivity contribution in [2.24, 2.45) is 0 Å². The number of hydrogen-bond donors (Lipinski definition) is 2. The van der Waals surface area contributed by atoms with Crippen LogP contribution in [0.5, 0.6) is 0 Å². The van der Waals surface area contributed by atoms with E-state index < -0.39 is 11.9 Å². The Bertz CT molecular complexity index is 616. The van der Waals surface area contributed by atoms with Crippen molar-refractivity contribution < 1.29 is 13.2 Å². The van der Waals surface area contributed by atoms with Gasteiger partial charge in [-0.2, -0.15) is 18.2 Å². The maximum Gasteiger partial charge on any atom is 0.433 e. The predicted octanol–water partition coefficient (Wildman–Crippen LogP) is 3.93. The molecule has 0 unspecified atom stereocenters. The Labute approximate surface area is 118 Å². The van der Waals surface area contributed by atoms with Gasteiger partial charge in [0, 0.05) is 13.1 Å². The normalized spacial score (nSPS) is 11.2. The highest BCUT2D eigenvalue weighted by atomic mass is 35.5. The minimum absolute atomic E-state index is 0.00442. The second-order valence-electron chi connectivity index (χ2n) is 3.81. The quantitative estimate of drug-likeness (QED) is 0.902. The second kappa shape index (κ2) is 5.54. The minimum atomic E-state index is -4.55. The lowest BCUT2D eigenvalue weighted by atomic mass is 10.3. The zero-order valence-electron chi connectivity index (χ0n) is 10.3. The van der Waals surface area contributed by atoms with Gasteiger partial charge in [0.25, 0.3) is 0 Å². The fraction of sp³-hybridized carbons (Fsp3) is 0.167. The zero-order chi connectivity index (χ0) is 14.8. The van der Waals surface area contributed by atoms with Crippen LogP contribution in [0.25, 0.3) is 0 Å². The molecule has 0 aliphatic rings. The molecule has 1 heterocycles. The Hall–Kier alpha value is -2.02. The van der Waals surface area contributed by atoms with Crippen molar-refractivity contribution in [2.45, 2.75) is 6.18 Å². The van der Waals surface area contributed by atoms with Crippen molar-refractivity contribution in [3.63, 3.8) is 0 Å². The van der Waals surface area contributed by atoms with E-state index in [0.717, 1.165) is 6.07 Å². The SMILES string of the molecule is CNc1nc(Nc2ccccc2Cl)cc(C(F)(F)F)n1. The van der Waals surface area contributed by atoms with Crippen LogP contribution in [0.3, 0.4) is 0 Å². The molecule has 0 spiro atoms. The maximum atomic E-state index is 12.7. The third-order valence-corrected chi connectivity index (χ3v) is 2.71. The maximum absolute atomic E-state index is 12.7. The molecule has 0 bridgehead atoms. The number of nitrogens with one attached hydrogen (secondary N) is 2. The number of nitrogens with zero attached hydrogens (tertiary/aromatic N) is 2. The number of halogens is 4. The molecule has 0 aliphatic carbocycles. The summed E-state index contributed by atoms with van der Waals surface area (Å²) in [6.45, 7) is 0. The molecule has 0 fully saturated rings. The molecule has 0 saturated carbocycles. The summed E-state index contributed by atoms with van der Waals surface area (Å²) in [7, 11) is 1.44. The van der Waals surface area contributed by atoms with Crippen molar-refractivity contribution in [1.29, 1.82) is 0 Å². The molecule has 0 saturated heterocycles. The molecular weight excluding hydrogens is 293 g/mol. The van der Waals surface area contributed by atoms with Gasteiger partial charge in [-0.25, -0.2) is 4.98 Å². The van der Waals surface area contributed by atoms with Crippen molar-refractivity contribution in [3.8, 4) is 0 Å². The Kier molecular flexibility index (Phi) is 3.99. The first kappa shape index (κ1) is 14.4. The highest BCUT2D eigenvalue weighted by Crippen LogP contribution is 2.31. The number of benzene rings is 1. The van der Waals surface area contributed by atoms with E-state index in [9.17, 15) is 13.2 Å². The molecule has 0 amide bonds. The van der Waals surface area contributed by atoms with E-state index in [2.05, 4.69) is 20.6 Å².